The average molecular weight is 443 g/mol. The highest BCUT2D eigenvalue weighted by Crippen LogP contribution is 2.39. The number of benzene rings is 1. The van der Waals surface area contributed by atoms with E-state index in [4.69, 9.17) is 14.2 Å². The van der Waals surface area contributed by atoms with Gasteiger partial charge < -0.3 is 24.4 Å². The molecule has 6 heteroatoms. The number of carbonyl (C=O) groups is 1. The van der Waals surface area contributed by atoms with Crippen LogP contribution < -0.4 is 10.1 Å². The molecule has 3 aliphatic heterocycles. The van der Waals surface area contributed by atoms with Crippen LogP contribution in [0.25, 0.3) is 0 Å². The molecule has 5 rings (SSSR count). The summed E-state index contributed by atoms with van der Waals surface area (Å²) in [5, 5.41) is 3.11. The Morgan fingerprint density at radius 1 is 1.16 bits per heavy atom. The summed E-state index contributed by atoms with van der Waals surface area (Å²) >= 11 is 0. The summed E-state index contributed by atoms with van der Waals surface area (Å²) in [6.45, 7) is 11.9. The zero-order chi connectivity index (χ0) is 22.7. The summed E-state index contributed by atoms with van der Waals surface area (Å²) in [4.78, 5) is 14.8. The Balaban J connectivity index is 1.54. The number of alkyl carbamates (subject to hydrolysis) is 1. The molecular weight excluding hydrogens is 404 g/mol. The van der Waals surface area contributed by atoms with Crippen molar-refractivity contribution >= 4 is 6.09 Å². The smallest absolute Gasteiger partial charge is 0.407 e. The molecule has 0 spiro atoms. The first-order valence-corrected chi connectivity index (χ1v) is 12.1. The Morgan fingerprint density at radius 3 is 2.66 bits per heavy atom. The Kier molecular flexibility index (Phi) is 6.99. The van der Waals surface area contributed by atoms with Gasteiger partial charge in [-0.2, -0.15) is 0 Å². The first kappa shape index (κ1) is 23.0. The van der Waals surface area contributed by atoms with Gasteiger partial charge in [-0.3, -0.25) is 0 Å². The number of fused-ring (bicyclic) bond motifs is 5. The molecule has 1 aliphatic carbocycles. The van der Waals surface area contributed by atoms with E-state index in [1.807, 2.05) is 26.8 Å². The normalized spacial score (nSPS) is 28.8. The fourth-order valence-electron chi connectivity index (χ4n) is 5.25. The molecule has 0 radical (unpaired) electrons. The molecule has 0 aromatic heterocycles. The molecular formula is C26H38N2O4. The van der Waals surface area contributed by atoms with E-state index >= 15 is 0 Å². The van der Waals surface area contributed by atoms with Gasteiger partial charge in [-0.15, -0.1) is 0 Å². The number of ether oxygens (including phenoxy) is 3. The minimum absolute atomic E-state index is 0.0149. The van der Waals surface area contributed by atoms with E-state index in [0.717, 1.165) is 56.5 Å². The zero-order valence-corrected chi connectivity index (χ0v) is 19.8. The molecule has 6 nitrogen and oxygen atoms in total. The fraction of sp³-hybridized carbons (Fsp3) is 0.654. The van der Waals surface area contributed by atoms with Gasteiger partial charge in [-0.25, -0.2) is 4.79 Å². The van der Waals surface area contributed by atoms with Crippen LogP contribution in [0.1, 0.15) is 70.8 Å². The van der Waals surface area contributed by atoms with Gasteiger partial charge in [0.2, 0.25) is 0 Å². The minimum Gasteiger partial charge on any atom is -0.487 e. The number of nitrogens with one attached hydrogen (secondary N) is 1. The largest absolute Gasteiger partial charge is 0.487 e. The molecule has 2 bridgehead atoms. The number of nitrogens with zero attached hydrogens (tertiary/aromatic N) is 1. The van der Waals surface area contributed by atoms with E-state index in [0.29, 0.717) is 19.1 Å². The van der Waals surface area contributed by atoms with Crippen molar-refractivity contribution in [2.24, 2.45) is 0 Å². The maximum atomic E-state index is 12.5. The van der Waals surface area contributed by atoms with Gasteiger partial charge in [0.1, 0.15) is 18.0 Å². The Morgan fingerprint density at radius 2 is 1.91 bits per heavy atom. The van der Waals surface area contributed by atoms with Crippen LogP contribution in [0.2, 0.25) is 0 Å². The highest BCUT2D eigenvalue weighted by atomic mass is 16.6. The van der Waals surface area contributed by atoms with E-state index in [1.165, 1.54) is 5.56 Å². The van der Waals surface area contributed by atoms with Crippen molar-refractivity contribution in [1.82, 2.24) is 10.2 Å². The molecule has 32 heavy (non-hydrogen) atoms. The molecule has 1 saturated carbocycles. The van der Waals surface area contributed by atoms with Crippen LogP contribution in [0.4, 0.5) is 4.79 Å². The van der Waals surface area contributed by atoms with Crippen LogP contribution >= 0.6 is 0 Å². The quantitative estimate of drug-likeness (QED) is 0.664. The van der Waals surface area contributed by atoms with Crippen LogP contribution in [0.5, 0.6) is 5.75 Å². The van der Waals surface area contributed by atoms with Crippen molar-refractivity contribution in [3.8, 4) is 5.75 Å². The van der Waals surface area contributed by atoms with Crippen molar-refractivity contribution in [3.63, 3.8) is 0 Å². The number of carbonyl (C=O) groups excluding carboxylic acids is 1. The summed E-state index contributed by atoms with van der Waals surface area (Å²) in [7, 11) is 0. The fourth-order valence-corrected chi connectivity index (χ4v) is 5.25. The lowest BCUT2D eigenvalue weighted by atomic mass is 9.82. The van der Waals surface area contributed by atoms with Crippen LogP contribution in [0.3, 0.4) is 0 Å². The number of hydrogen-bond donors (Lipinski definition) is 1. The maximum absolute atomic E-state index is 12.5. The van der Waals surface area contributed by atoms with Crippen molar-refractivity contribution < 1.29 is 19.0 Å². The van der Waals surface area contributed by atoms with E-state index in [1.54, 1.807) is 0 Å². The molecule has 1 saturated heterocycles. The molecule has 0 unspecified atom stereocenters. The van der Waals surface area contributed by atoms with Gasteiger partial charge >= 0.3 is 6.09 Å². The third kappa shape index (κ3) is 5.58. The lowest BCUT2D eigenvalue weighted by Gasteiger charge is -2.44. The van der Waals surface area contributed by atoms with E-state index in [-0.39, 0.29) is 24.3 Å². The molecule has 2 fully saturated rings. The first-order chi connectivity index (χ1) is 15.3. The zero-order valence-electron chi connectivity index (χ0n) is 19.8. The van der Waals surface area contributed by atoms with Crippen LogP contribution in [-0.2, 0) is 9.47 Å². The predicted octanol–water partition coefficient (Wildman–Crippen LogP) is 4.99. The molecule has 1 amide bonds. The van der Waals surface area contributed by atoms with Gasteiger partial charge in [-0.1, -0.05) is 24.8 Å². The first-order valence-electron chi connectivity index (χ1n) is 12.1. The number of amides is 1. The second-order valence-electron chi connectivity index (χ2n) is 10.4. The lowest BCUT2D eigenvalue weighted by molar-refractivity contribution is -0.0238. The van der Waals surface area contributed by atoms with Gasteiger partial charge in [0, 0.05) is 12.2 Å². The molecule has 1 aromatic rings. The van der Waals surface area contributed by atoms with Crippen LogP contribution in [0, 0.1) is 0 Å². The summed E-state index contributed by atoms with van der Waals surface area (Å²) in [6, 6.07) is 8.38. The Labute approximate surface area is 192 Å². The monoisotopic (exact) mass is 442 g/mol. The third-order valence-corrected chi connectivity index (χ3v) is 6.82. The van der Waals surface area contributed by atoms with Crippen molar-refractivity contribution in [2.45, 2.75) is 89.0 Å². The number of para-hydroxylation sites is 1. The maximum Gasteiger partial charge on any atom is 0.407 e. The number of rotatable bonds is 1. The summed E-state index contributed by atoms with van der Waals surface area (Å²) in [5.74, 6) is 1.48. The summed E-state index contributed by atoms with van der Waals surface area (Å²) < 4.78 is 18.3. The predicted molar refractivity (Wildman–Crippen MR) is 125 cm³/mol. The van der Waals surface area contributed by atoms with Gasteiger partial charge in [0.05, 0.1) is 24.8 Å². The minimum atomic E-state index is -0.525. The van der Waals surface area contributed by atoms with Gasteiger partial charge in [0.15, 0.2) is 0 Å². The van der Waals surface area contributed by atoms with Crippen molar-refractivity contribution in [3.05, 3.63) is 42.1 Å². The average Bonchev–Trinajstić information content (AvgIpc) is 2.76. The van der Waals surface area contributed by atoms with E-state index in [2.05, 4.69) is 35.0 Å². The molecule has 1 aromatic carbocycles. The van der Waals surface area contributed by atoms with Crippen LogP contribution in [-0.4, -0.2) is 54.5 Å². The summed E-state index contributed by atoms with van der Waals surface area (Å²) in [6.07, 6.45) is 6.09. The number of piperidine rings is 1. The molecule has 176 valence electrons. The second kappa shape index (κ2) is 9.74. The Hall–Kier alpha value is -2.21. The second-order valence-corrected chi connectivity index (χ2v) is 10.4. The number of hydrogen-bond acceptors (Lipinski definition) is 5. The van der Waals surface area contributed by atoms with Crippen LogP contribution in [0.15, 0.2) is 36.5 Å². The highest BCUT2D eigenvalue weighted by Gasteiger charge is 2.36. The molecule has 1 N–H and O–H groups in total. The Bertz CT molecular complexity index is 810. The lowest BCUT2D eigenvalue weighted by Crippen LogP contribution is -2.58. The van der Waals surface area contributed by atoms with E-state index in [9.17, 15) is 4.79 Å². The van der Waals surface area contributed by atoms with E-state index < -0.39 is 5.60 Å². The topological polar surface area (TPSA) is 60.0 Å². The standard InChI is InChI=1S/C26H38N2O4/c1-18-16-31-24-10-6-5-8-21(24)19-11-13-20(14-12-19)30-17-23-22(9-7-15-28(18)23)27-25(29)32-26(2,3)4/h5-6,8,10,19-20,22-23H,1,7,9,11-17H2,2-4H3,(H,27,29)/t19?,20?,22-,23-/m0/s1. The van der Waals surface area contributed by atoms with Gasteiger partial charge in [0.25, 0.3) is 0 Å². The molecule has 2 atom stereocenters. The van der Waals surface area contributed by atoms with Crippen molar-refractivity contribution in [2.75, 3.05) is 19.8 Å². The third-order valence-electron chi connectivity index (χ3n) is 6.82. The van der Waals surface area contributed by atoms with Crippen molar-refractivity contribution in [1.29, 1.82) is 0 Å². The van der Waals surface area contributed by atoms with Gasteiger partial charge in [-0.05, 0) is 76.8 Å². The highest BCUT2D eigenvalue weighted by molar-refractivity contribution is 5.68. The summed E-state index contributed by atoms with van der Waals surface area (Å²) in [5.41, 5.74) is 1.71. The molecule has 3 heterocycles. The SMILES string of the molecule is C=C1COc2ccccc2C2CCC(CC2)OC[C@H]2[C@@H](NC(=O)OC(C)(C)C)CCCN12. The molecule has 4 aliphatic rings.